The summed E-state index contributed by atoms with van der Waals surface area (Å²) in [6.45, 7) is 4.31. The van der Waals surface area contributed by atoms with Crippen molar-refractivity contribution in [2.45, 2.75) is 45.7 Å². The molecule has 132 valence electrons. The molecule has 0 aliphatic carbocycles. The minimum atomic E-state index is -0.394. The number of hydrogen-bond donors (Lipinski definition) is 2. The summed E-state index contributed by atoms with van der Waals surface area (Å²) < 4.78 is 1.83. The molecule has 0 radical (unpaired) electrons. The summed E-state index contributed by atoms with van der Waals surface area (Å²) in [6.07, 6.45) is 1.33. The van der Waals surface area contributed by atoms with Crippen molar-refractivity contribution in [3.05, 3.63) is 52.8 Å². The molecule has 1 aromatic carbocycles. The average Bonchev–Trinajstić information content (AvgIpc) is 2.90. The second-order valence-corrected chi connectivity index (χ2v) is 5.99. The van der Waals surface area contributed by atoms with E-state index in [1.165, 1.54) is 0 Å². The maximum atomic E-state index is 12.3. The molecule has 1 heterocycles. The summed E-state index contributed by atoms with van der Waals surface area (Å²) in [6, 6.07) is 11.2. The minimum absolute atomic E-state index is 0.105. The molecular weight excluding hydrogens is 316 g/mol. The van der Waals surface area contributed by atoms with E-state index in [0.717, 1.165) is 22.5 Å². The fraction of sp³-hybridized carbons (Fsp3) is 0.421. The van der Waals surface area contributed by atoms with Gasteiger partial charge in [-0.15, -0.1) is 0 Å². The van der Waals surface area contributed by atoms with Gasteiger partial charge in [-0.3, -0.25) is 9.48 Å². The first kappa shape index (κ1) is 18.7. The lowest BCUT2D eigenvalue weighted by Crippen LogP contribution is -2.30. The number of aryl methyl sites for hydroxylation is 2. The van der Waals surface area contributed by atoms with Crippen LogP contribution in [-0.4, -0.2) is 27.4 Å². The summed E-state index contributed by atoms with van der Waals surface area (Å²) in [7, 11) is 0. The number of rotatable bonds is 8. The Hall–Kier alpha value is -2.65. The minimum Gasteiger partial charge on any atom is -0.394 e. The summed E-state index contributed by atoms with van der Waals surface area (Å²) in [5, 5.41) is 25.6. The molecule has 0 fully saturated rings. The molecule has 1 aromatic heterocycles. The zero-order chi connectivity index (χ0) is 18.2. The highest BCUT2D eigenvalue weighted by Crippen LogP contribution is 2.16. The van der Waals surface area contributed by atoms with Gasteiger partial charge < -0.3 is 10.4 Å². The third-order valence-corrected chi connectivity index (χ3v) is 4.29. The highest BCUT2D eigenvalue weighted by Gasteiger charge is 2.16. The fourth-order valence-corrected chi connectivity index (χ4v) is 2.89. The van der Waals surface area contributed by atoms with Gasteiger partial charge in [0.1, 0.15) is 0 Å². The number of aromatic nitrogens is 2. The van der Waals surface area contributed by atoms with Gasteiger partial charge in [-0.25, -0.2) is 0 Å². The van der Waals surface area contributed by atoms with Gasteiger partial charge in [-0.05, 0) is 31.4 Å². The van der Waals surface area contributed by atoms with Gasteiger partial charge >= 0.3 is 0 Å². The van der Waals surface area contributed by atoms with Gasteiger partial charge in [0.2, 0.25) is 5.91 Å². The van der Waals surface area contributed by atoms with Crippen LogP contribution in [0.1, 0.15) is 41.4 Å². The maximum Gasteiger partial charge on any atom is 0.220 e. The van der Waals surface area contributed by atoms with Gasteiger partial charge in [0.25, 0.3) is 0 Å². The first-order valence-corrected chi connectivity index (χ1v) is 8.41. The van der Waals surface area contributed by atoms with E-state index in [1.54, 1.807) is 0 Å². The molecule has 6 heteroatoms. The zero-order valence-corrected chi connectivity index (χ0v) is 14.7. The molecule has 0 aliphatic rings. The van der Waals surface area contributed by atoms with Gasteiger partial charge in [-0.2, -0.15) is 10.4 Å². The number of amides is 1. The summed E-state index contributed by atoms with van der Waals surface area (Å²) in [4.78, 5) is 12.3. The lowest BCUT2D eigenvalue weighted by atomic mass is 10.1. The maximum absolute atomic E-state index is 12.3. The normalized spacial score (nSPS) is 11.8. The van der Waals surface area contributed by atoms with Gasteiger partial charge in [0.15, 0.2) is 0 Å². The van der Waals surface area contributed by atoms with Crippen LogP contribution in [0, 0.1) is 25.2 Å². The van der Waals surface area contributed by atoms with Crippen LogP contribution in [0.5, 0.6) is 0 Å². The van der Waals surface area contributed by atoms with Crippen molar-refractivity contribution in [2.75, 3.05) is 6.61 Å². The predicted octanol–water partition coefficient (Wildman–Crippen LogP) is 2.20. The van der Waals surface area contributed by atoms with E-state index in [-0.39, 0.29) is 12.5 Å². The van der Waals surface area contributed by atoms with Crippen LogP contribution in [0.2, 0.25) is 0 Å². The van der Waals surface area contributed by atoms with E-state index >= 15 is 0 Å². The number of carbonyl (C=O) groups excluding carboxylic acids is 1. The molecule has 0 saturated heterocycles. The monoisotopic (exact) mass is 340 g/mol. The molecule has 0 spiro atoms. The average molecular weight is 340 g/mol. The van der Waals surface area contributed by atoms with Crippen LogP contribution in [0.3, 0.4) is 0 Å². The Balaban J connectivity index is 1.96. The van der Waals surface area contributed by atoms with E-state index in [1.807, 2.05) is 48.9 Å². The predicted molar refractivity (Wildman–Crippen MR) is 94.7 cm³/mol. The van der Waals surface area contributed by atoms with Crippen molar-refractivity contribution in [3.8, 4) is 6.07 Å². The van der Waals surface area contributed by atoms with Crippen molar-refractivity contribution in [3.63, 3.8) is 0 Å². The van der Waals surface area contributed by atoms with Crippen molar-refractivity contribution < 1.29 is 9.90 Å². The van der Waals surface area contributed by atoms with E-state index < -0.39 is 6.04 Å². The second-order valence-electron chi connectivity index (χ2n) is 5.99. The molecule has 25 heavy (non-hydrogen) atoms. The smallest absolute Gasteiger partial charge is 0.220 e. The van der Waals surface area contributed by atoms with Gasteiger partial charge in [0.05, 0.1) is 37.4 Å². The van der Waals surface area contributed by atoms with Crippen molar-refractivity contribution in [1.82, 2.24) is 15.1 Å². The van der Waals surface area contributed by atoms with Crippen molar-refractivity contribution >= 4 is 5.91 Å². The highest BCUT2D eigenvalue weighted by molar-refractivity contribution is 5.76. The van der Waals surface area contributed by atoms with Crippen molar-refractivity contribution in [2.24, 2.45) is 0 Å². The van der Waals surface area contributed by atoms with Crippen LogP contribution < -0.4 is 5.32 Å². The molecule has 0 saturated carbocycles. The van der Waals surface area contributed by atoms with Crippen LogP contribution in [-0.2, 0) is 17.8 Å². The summed E-state index contributed by atoms with van der Waals surface area (Å²) in [5.74, 6) is -0.105. The van der Waals surface area contributed by atoms with Crippen LogP contribution >= 0.6 is 0 Å². The fourth-order valence-electron chi connectivity index (χ4n) is 2.89. The van der Waals surface area contributed by atoms with Crippen LogP contribution in [0.4, 0.5) is 0 Å². The standard InChI is InChI=1S/C19H24N4O2/c1-14-17(15(2)23(22-14)12-6-11-20)9-10-19(25)21-18(13-24)16-7-4-3-5-8-16/h3-5,7-8,18,24H,6,9-10,12-13H2,1-2H3,(H,21,25)/t18-/m1/s1. The summed E-state index contributed by atoms with van der Waals surface area (Å²) >= 11 is 0. The molecule has 1 atom stereocenters. The number of nitrogens with one attached hydrogen (secondary N) is 1. The number of nitrogens with zero attached hydrogens (tertiary/aromatic N) is 3. The molecule has 6 nitrogen and oxygen atoms in total. The number of nitriles is 1. The number of aliphatic hydroxyl groups excluding tert-OH is 1. The van der Waals surface area contributed by atoms with Crippen LogP contribution in [0.25, 0.3) is 0 Å². The quantitative estimate of drug-likeness (QED) is 0.771. The molecule has 2 rings (SSSR count). The molecule has 0 unspecified atom stereocenters. The third kappa shape index (κ3) is 4.91. The lowest BCUT2D eigenvalue weighted by molar-refractivity contribution is -0.122. The first-order valence-electron chi connectivity index (χ1n) is 8.41. The Morgan fingerprint density at radius 1 is 1.36 bits per heavy atom. The van der Waals surface area contributed by atoms with E-state index in [4.69, 9.17) is 5.26 Å². The Morgan fingerprint density at radius 2 is 2.08 bits per heavy atom. The molecule has 2 aromatic rings. The first-order chi connectivity index (χ1) is 12.1. The number of hydrogen-bond acceptors (Lipinski definition) is 4. The SMILES string of the molecule is Cc1nn(CCC#N)c(C)c1CCC(=O)N[C@H](CO)c1ccccc1. The largest absolute Gasteiger partial charge is 0.394 e. The van der Waals surface area contributed by atoms with E-state index in [2.05, 4.69) is 16.5 Å². The Kier molecular flexibility index (Phi) is 6.72. The number of benzene rings is 1. The van der Waals surface area contributed by atoms with Gasteiger partial charge in [-0.1, -0.05) is 30.3 Å². The van der Waals surface area contributed by atoms with E-state index in [9.17, 15) is 9.90 Å². The number of aliphatic hydroxyl groups is 1. The summed E-state index contributed by atoms with van der Waals surface area (Å²) in [5.41, 5.74) is 3.83. The molecule has 0 bridgehead atoms. The highest BCUT2D eigenvalue weighted by atomic mass is 16.3. The Morgan fingerprint density at radius 3 is 2.72 bits per heavy atom. The van der Waals surface area contributed by atoms with E-state index in [0.29, 0.717) is 25.8 Å². The lowest BCUT2D eigenvalue weighted by Gasteiger charge is -2.16. The van der Waals surface area contributed by atoms with Crippen LogP contribution in [0.15, 0.2) is 30.3 Å². The number of carbonyl (C=O) groups is 1. The molecule has 1 amide bonds. The third-order valence-electron chi connectivity index (χ3n) is 4.29. The topological polar surface area (TPSA) is 90.9 Å². The molecule has 0 aliphatic heterocycles. The molecular formula is C19H24N4O2. The zero-order valence-electron chi connectivity index (χ0n) is 14.7. The Labute approximate surface area is 148 Å². The molecule has 2 N–H and O–H groups in total. The Bertz CT molecular complexity index is 747. The van der Waals surface area contributed by atoms with Crippen molar-refractivity contribution in [1.29, 1.82) is 5.26 Å². The van der Waals surface area contributed by atoms with Gasteiger partial charge in [0, 0.05) is 12.1 Å². The second kappa shape index (κ2) is 9.00.